The highest BCUT2D eigenvalue weighted by Gasteiger charge is 2.41. The van der Waals surface area contributed by atoms with E-state index in [9.17, 15) is 5.11 Å². The molecule has 2 fully saturated rings. The quantitative estimate of drug-likeness (QED) is 0.686. The Morgan fingerprint density at radius 2 is 2.05 bits per heavy atom. The first-order valence-electron chi connectivity index (χ1n) is 7.36. The number of hydrogen-bond acceptors (Lipinski definition) is 3. The number of halogens is 2. The highest BCUT2D eigenvalue weighted by molar-refractivity contribution is 9.13. The summed E-state index contributed by atoms with van der Waals surface area (Å²) in [4.78, 5) is 1.06. The lowest BCUT2D eigenvalue weighted by Crippen LogP contribution is -2.42. The van der Waals surface area contributed by atoms with E-state index in [-0.39, 0.29) is 11.7 Å². The van der Waals surface area contributed by atoms with Gasteiger partial charge < -0.3 is 9.84 Å². The van der Waals surface area contributed by atoms with Gasteiger partial charge in [-0.15, -0.1) is 11.3 Å². The molecule has 3 rings (SSSR count). The molecule has 2 atom stereocenters. The molecule has 0 aromatic carbocycles. The highest BCUT2D eigenvalue weighted by atomic mass is 79.9. The van der Waals surface area contributed by atoms with Crippen molar-refractivity contribution >= 4 is 43.2 Å². The van der Waals surface area contributed by atoms with Gasteiger partial charge in [-0.25, -0.2) is 0 Å². The monoisotopic (exact) mass is 422 g/mol. The zero-order valence-electron chi connectivity index (χ0n) is 11.4. The maximum Gasteiger partial charge on any atom is 0.0912 e. The van der Waals surface area contributed by atoms with E-state index in [1.54, 1.807) is 11.3 Å². The van der Waals surface area contributed by atoms with Gasteiger partial charge >= 0.3 is 0 Å². The van der Waals surface area contributed by atoms with E-state index in [4.69, 9.17) is 4.74 Å². The molecule has 1 spiro atoms. The summed E-state index contributed by atoms with van der Waals surface area (Å²) in [6.07, 6.45) is 7.87. The van der Waals surface area contributed by atoms with Crippen LogP contribution >= 0.6 is 43.2 Å². The molecule has 0 radical (unpaired) electrons. The first-order valence-corrected chi connectivity index (χ1v) is 9.77. The SMILES string of the molecule is OC(c1cc(Br)c(Br)s1)C1CCOC2(CCCCC2)C1. The van der Waals surface area contributed by atoms with Crippen LogP contribution in [0, 0.1) is 5.92 Å². The number of aliphatic hydroxyl groups excluding tert-OH is 1. The molecule has 1 N–H and O–H groups in total. The number of hydrogen-bond donors (Lipinski definition) is 1. The molecule has 0 bridgehead atoms. The topological polar surface area (TPSA) is 29.5 Å². The molecule has 5 heteroatoms. The fourth-order valence-electron chi connectivity index (χ4n) is 3.62. The molecule has 20 heavy (non-hydrogen) atoms. The largest absolute Gasteiger partial charge is 0.387 e. The number of rotatable bonds is 2. The lowest BCUT2D eigenvalue weighted by Gasteiger charge is -2.44. The molecule has 1 aromatic rings. The predicted molar refractivity (Wildman–Crippen MR) is 89.2 cm³/mol. The van der Waals surface area contributed by atoms with Gasteiger partial charge in [0, 0.05) is 16.0 Å². The van der Waals surface area contributed by atoms with E-state index in [0.29, 0.717) is 5.92 Å². The maximum atomic E-state index is 10.7. The number of aliphatic hydroxyl groups is 1. The van der Waals surface area contributed by atoms with Gasteiger partial charge in [0.1, 0.15) is 0 Å². The van der Waals surface area contributed by atoms with Crippen molar-refractivity contribution in [2.45, 2.75) is 56.7 Å². The van der Waals surface area contributed by atoms with E-state index in [1.807, 2.05) is 6.07 Å². The summed E-state index contributed by atoms with van der Waals surface area (Å²) in [5.41, 5.74) is 0.0634. The lowest BCUT2D eigenvalue weighted by molar-refractivity contribution is -0.133. The Kier molecular flexibility index (Phi) is 4.93. The molecule has 1 aliphatic carbocycles. The van der Waals surface area contributed by atoms with E-state index >= 15 is 0 Å². The third kappa shape index (κ3) is 3.17. The van der Waals surface area contributed by atoms with Crippen molar-refractivity contribution in [3.63, 3.8) is 0 Å². The second-order valence-electron chi connectivity index (χ2n) is 6.06. The molecule has 1 saturated heterocycles. The van der Waals surface area contributed by atoms with Gasteiger partial charge in [0.05, 0.1) is 15.5 Å². The molecule has 2 unspecified atom stereocenters. The van der Waals surface area contributed by atoms with Crippen molar-refractivity contribution in [2.75, 3.05) is 6.61 Å². The zero-order chi connectivity index (χ0) is 14.2. The Hall–Kier alpha value is 0.580. The molecular formula is C15H20Br2O2S. The second kappa shape index (κ2) is 6.37. The third-order valence-electron chi connectivity index (χ3n) is 4.70. The first-order chi connectivity index (χ1) is 9.60. The smallest absolute Gasteiger partial charge is 0.0912 e. The fraction of sp³-hybridized carbons (Fsp3) is 0.733. The molecule has 1 aliphatic heterocycles. The minimum absolute atomic E-state index is 0.0634. The Morgan fingerprint density at radius 3 is 2.70 bits per heavy atom. The van der Waals surface area contributed by atoms with Crippen molar-refractivity contribution in [1.82, 2.24) is 0 Å². The Morgan fingerprint density at radius 1 is 1.30 bits per heavy atom. The van der Waals surface area contributed by atoms with Crippen LogP contribution in [0.3, 0.4) is 0 Å². The minimum Gasteiger partial charge on any atom is -0.387 e. The summed E-state index contributed by atoms with van der Waals surface area (Å²) in [6.45, 7) is 0.801. The van der Waals surface area contributed by atoms with Gasteiger partial charge in [0.25, 0.3) is 0 Å². The van der Waals surface area contributed by atoms with Gasteiger partial charge in [-0.05, 0) is 69.5 Å². The number of ether oxygens (including phenoxy) is 1. The van der Waals surface area contributed by atoms with Crippen LogP contribution < -0.4 is 0 Å². The summed E-state index contributed by atoms with van der Waals surface area (Å²) in [5, 5.41) is 10.7. The van der Waals surface area contributed by atoms with Gasteiger partial charge in [-0.1, -0.05) is 19.3 Å². The van der Waals surface area contributed by atoms with Gasteiger partial charge in [-0.2, -0.15) is 0 Å². The normalized spacial score (nSPS) is 27.6. The fourth-order valence-corrected chi connectivity index (χ4v) is 5.79. The van der Waals surface area contributed by atoms with E-state index in [0.717, 1.165) is 32.6 Å². The molecule has 0 amide bonds. The highest BCUT2D eigenvalue weighted by Crippen LogP contribution is 2.46. The molecule has 1 aromatic heterocycles. The van der Waals surface area contributed by atoms with Gasteiger partial charge in [0.15, 0.2) is 0 Å². The van der Waals surface area contributed by atoms with Crippen molar-refractivity contribution in [3.05, 3.63) is 19.2 Å². The van der Waals surface area contributed by atoms with Crippen molar-refractivity contribution in [1.29, 1.82) is 0 Å². The Bertz CT molecular complexity index is 443. The van der Waals surface area contributed by atoms with Crippen LogP contribution in [0.1, 0.15) is 55.9 Å². The molecular weight excluding hydrogens is 404 g/mol. The molecule has 2 aliphatic rings. The summed E-state index contributed by atoms with van der Waals surface area (Å²) >= 11 is 8.65. The van der Waals surface area contributed by atoms with Crippen LogP contribution in [0.4, 0.5) is 0 Å². The molecule has 2 heterocycles. The molecule has 1 saturated carbocycles. The second-order valence-corrected chi connectivity index (χ2v) is 9.32. The van der Waals surface area contributed by atoms with E-state index in [1.165, 1.54) is 32.1 Å². The number of thiophene rings is 1. The van der Waals surface area contributed by atoms with Crippen molar-refractivity contribution in [2.24, 2.45) is 5.92 Å². The Labute approximate surface area is 141 Å². The third-order valence-corrected chi connectivity index (χ3v) is 8.03. The molecule has 2 nitrogen and oxygen atoms in total. The zero-order valence-corrected chi connectivity index (χ0v) is 15.4. The maximum absolute atomic E-state index is 10.7. The standard InChI is InChI=1S/C15H20Br2O2S/c16-11-8-12(20-14(11)17)13(18)10-4-7-19-15(9-10)5-2-1-3-6-15/h8,10,13,18H,1-7,9H2. The summed E-state index contributed by atoms with van der Waals surface area (Å²) < 4.78 is 8.22. The van der Waals surface area contributed by atoms with E-state index in [2.05, 4.69) is 31.9 Å². The summed E-state index contributed by atoms with van der Waals surface area (Å²) in [5.74, 6) is 0.333. The average Bonchev–Trinajstić information content (AvgIpc) is 2.79. The Balaban J connectivity index is 1.72. The average molecular weight is 424 g/mol. The van der Waals surface area contributed by atoms with Crippen LogP contribution in [-0.4, -0.2) is 17.3 Å². The minimum atomic E-state index is -0.356. The first kappa shape index (κ1) is 15.5. The predicted octanol–water partition coefficient (Wildman–Crippen LogP) is 5.44. The van der Waals surface area contributed by atoms with Crippen molar-refractivity contribution in [3.8, 4) is 0 Å². The molecule has 112 valence electrons. The van der Waals surface area contributed by atoms with Crippen LogP contribution in [-0.2, 0) is 4.74 Å². The lowest BCUT2D eigenvalue weighted by atomic mass is 9.74. The summed E-state index contributed by atoms with van der Waals surface area (Å²) in [6, 6.07) is 2.04. The van der Waals surface area contributed by atoms with Crippen LogP contribution in [0.15, 0.2) is 14.3 Å². The van der Waals surface area contributed by atoms with Gasteiger partial charge in [0.2, 0.25) is 0 Å². The van der Waals surface area contributed by atoms with Gasteiger partial charge in [-0.3, -0.25) is 0 Å². The van der Waals surface area contributed by atoms with E-state index < -0.39 is 0 Å². The van der Waals surface area contributed by atoms with Crippen molar-refractivity contribution < 1.29 is 9.84 Å². The van der Waals surface area contributed by atoms with Crippen LogP contribution in [0.2, 0.25) is 0 Å². The van der Waals surface area contributed by atoms with Crippen LogP contribution in [0.5, 0.6) is 0 Å². The summed E-state index contributed by atoms with van der Waals surface area (Å²) in [7, 11) is 0. The van der Waals surface area contributed by atoms with Crippen LogP contribution in [0.25, 0.3) is 0 Å².